The third-order valence-electron chi connectivity index (χ3n) is 3.25. The Hall–Kier alpha value is -1.53. The van der Waals surface area contributed by atoms with Gasteiger partial charge in [-0.25, -0.2) is 0 Å². The van der Waals surface area contributed by atoms with Gasteiger partial charge in [0.25, 0.3) is 0 Å². The summed E-state index contributed by atoms with van der Waals surface area (Å²) in [5, 5.41) is 4.73. The zero-order chi connectivity index (χ0) is 13.4. The molecule has 1 aromatic carbocycles. The van der Waals surface area contributed by atoms with Crippen LogP contribution in [0.5, 0.6) is 0 Å². The molecule has 2 heterocycles. The van der Waals surface area contributed by atoms with Crippen LogP contribution in [0.25, 0.3) is 16.6 Å². The summed E-state index contributed by atoms with van der Waals surface area (Å²) < 4.78 is 3.19. The average molecular weight is 310 g/mol. The average Bonchev–Trinajstić information content (AvgIpc) is 2.78. The van der Waals surface area contributed by atoms with Crippen LogP contribution in [-0.2, 0) is 0 Å². The number of benzene rings is 1. The fourth-order valence-electron chi connectivity index (χ4n) is 2.38. The van der Waals surface area contributed by atoms with E-state index in [4.69, 9.17) is 5.10 Å². The van der Waals surface area contributed by atoms with E-state index in [1.54, 1.807) is 0 Å². The standard InChI is InChI=1S/C16H15AsN2/c1-11(2)16-15(12-6-5-7-13(17)10-12)14-8-3-4-9-19(14)18-16/h3-11H,1-2H3. The van der Waals surface area contributed by atoms with E-state index in [0.29, 0.717) is 5.92 Å². The van der Waals surface area contributed by atoms with Gasteiger partial charge in [0.1, 0.15) is 0 Å². The van der Waals surface area contributed by atoms with E-state index in [2.05, 4.69) is 67.1 Å². The molecule has 0 fully saturated rings. The van der Waals surface area contributed by atoms with Crippen LogP contribution in [0.15, 0.2) is 48.7 Å². The van der Waals surface area contributed by atoms with Crippen molar-refractivity contribution in [2.75, 3.05) is 0 Å². The maximum absolute atomic E-state index is 4.73. The zero-order valence-electron chi connectivity index (χ0n) is 11.0. The molecule has 0 unspecified atom stereocenters. The molecule has 0 bridgehead atoms. The first-order valence-electron chi connectivity index (χ1n) is 6.43. The van der Waals surface area contributed by atoms with Crippen molar-refractivity contribution in [1.82, 2.24) is 9.61 Å². The normalized spacial score (nSPS) is 11.4. The number of nitrogens with zero attached hydrogens (tertiary/aromatic N) is 2. The molecule has 0 spiro atoms. The minimum absolute atomic E-state index is 0.407. The van der Waals surface area contributed by atoms with Crippen molar-refractivity contribution in [3.05, 3.63) is 54.4 Å². The molecular formula is C16H15AsN2. The van der Waals surface area contributed by atoms with Crippen molar-refractivity contribution >= 4 is 26.7 Å². The Morgan fingerprint density at radius 3 is 2.68 bits per heavy atom. The Bertz CT molecular complexity index is 728. The van der Waals surface area contributed by atoms with Crippen molar-refractivity contribution in [1.29, 1.82) is 0 Å². The van der Waals surface area contributed by atoms with Gasteiger partial charge in [0.15, 0.2) is 0 Å². The Labute approximate surface area is 122 Å². The molecule has 94 valence electrons. The molecule has 3 rings (SSSR count). The minimum atomic E-state index is 0.407. The molecule has 0 atom stereocenters. The number of aromatic nitrogens is 2. The molecular weight excluding hydrogens is 295 g/mol. The number of hydrogen-bond acceptors (Lipinski definition) is 1. The van der Waals surface area contributed by atoms with E-state index in [0.717, 1.165) is 5.69 Å². The van der Waals surface area contributed by atoms with E-state index in [1.807, 2.05) is 16.8 Å². The van der Waals surface area contributed by atoms with Gasteiger partial charge >= 0.3 is 122 Å². The van der Waals surface area contributed by atoms with Gasteiger partial charge in [-0.15, -0.1) is 0 Å². The summed E-state index contributed by atoms with van der Waals surface area (Å²) in [4.78, 5) is 0. The number of hydrogen-bond donors (Lipinski definition) is 0. The van der Waals surface area contributed by atoms with Crippen LogP contribution in [-0.4, -0.2) is 26.5 Å². The van der Waals surface area contributed by atoms with Crippen LogP contribution in [0, 0.1) is 0 Å². The SMILES string of the molecule is CC(C)c1nn2ccccc2c1-c1cccc([As])c1. The summed E-state index contributed by atoms with van der Waals surface area (Å²) in [5.41, 5.74) is 4.82. The first-order valence-corrected chi connectivity index (χ1v) is 7.37. The molecule has 19 heavy (non-hydrogen) atoms. The zero-order valence-corrected chi connectivity index (χ0v) is 12.9. The second-order valence-corrected chi connectivity index (χ2v) is 6.08. The van der Waals surface area contributed by atoms with Crippen molar-refractivity contribution < 1.29 is 0 Å². The van der Waals surface area contributed by atoms with Crippen LogP contribution in [0.4, 0.5) is 0 Å². The molecule has 2 aromatic heterocycles. The first-order chi connectivity index (χ1) is 9.16. The second-order valence-electron chi connectivity index (χ2n) is 5.00. The van der Waals surface area contributed by atoms with Crippen LogP contribution in [0.2, 0.25) is 0 Å². The molecule has 2 nitrogen and oxygen atoms in total. The Kier molecular flexibility index (Phi) is 3.20. The van der Waals surface area contributed by atoms with Gasteiger partial charge < -0.3 is 0 Å². The second kappa shape index (κ2) is 4.86. The summed E-state index contributed by atoms with van der Waals surface area (Å²) in [6.07, 6.45) is 2.01. The first kappa shape index (κ1) is 12.5. The number of rotatable bonds is 2. The molecule has 0 amide bonds. The molecule has 0 aliphatic rings. The predicted molar refractivity (Wildman–Crippen MR) is 80.1 cm³/mol. The number of pyridine rings is 1. The summed E-state index contributed by atoms with van der Waals surface area (Å²) in [6.45, 7) is 4.38. The summed E-state index contributed by atoms with van der Waals surface area (Å²) >= 11 is 2.60. The fraction of sp³-hybridized carbons (Fsp3) is 0.188. The quantitative estimate of drug-likeness (QED) is 0.665. The third-order valence-corrected chi connectivity index (χ3v) is 3.83. The van der Waals surface area contributed by atoms with Crippen LogP contribution < -0.4 is 4.35 Å². The summed E-state index contributed by atoms with van der Waals surface area (Å²) in [7, 11) is 0. The molecule has 0 saturated heterocycles. The predicted octanol–water partition coefficient (Wildman–Crippen LogP) is 2.92. The van der Waals surface area contributed by atoms with Crippen molar-refractivity contribution in [2.45, 2.75) is 19.8 Å². The molecule has 0 aliphatic carbocycles. The van der Waals surface area contributed by atoms with E-state index in [-0.39, 0.29) is 0 Å². The number of fused-ring (bicyclic) bond motifs is 1. The van der Waals surface area contributed by atoms with Crippen LogP contribution in [0.3, 0.4) is 0 Å². The molecule has 3 aromatic rings. The third kappa shape index (κ3) is 2.21. The van der Waals surface area contributed by atoms with Crippen LogP contribution >= 0.6 is 0 Å². The maximum atomic E-state index is 4.73. The molecule has 0 aliphatic heterocycles. The molecule has 2 radical (unpaired) electrons. The summed E-state index contributed by atoms with van der Waals surface area (Å²) in [5.74, 6) is 0.407. The Morgan fingerprint density at radius 2 is 1.95 bits per heavy atom. The van der Waals surface area contributed by atoms with E-state index >= 15 is 0 Å². The van der Waals surface area contributed by atoms with Gasteiger partial charge in [0, 0.05) is 0 Å². The van der Waals surface area contributed by atoms with Gasteiger partial charge in [0.05, 0.1) is 0 Å². The summed E-state index contributed by atoms with van der Waals surface area (Å²) in [6, 6.07) is 14.8. The van der Waals surface area contributed by atoms with E-state index < -0.39 is 0 Å². The Balaban J connectivity index is 2.34. The van der Waals surface area contributed by atoms with E-state index in [9.17, 15) is 0 Å². The van der Waals surface area contributed by atoms with Gasteiger partial charge in [-0.2, -0.15) is 0 Å². The molecule has 0 N–H and O–H groups in total. The van der Waals surface area contributed by atoms with Gasteiger partial charge in [-0.1, -0.05) is 0 Å². The molecule has 0 saturated carbocycles. The van der Waals surface area contributed by atoms with Gasteiger partial charge in [-0.05, 0) is 0 Å². The van der Waals surface area contributed by atoms with Crippen LogP contribution in [0.1, 0.15) is 25.5 Å². The Morgan fingerprint density at radius 1 is 1.11 bits per heavy atom. The fourth-order valence-corrected chi connectivity index (χ4v) is 2.85. The van der Waals surface area contributed by atoms with Crippen molar-refractivity contribution in [2.24, 2.45) is 0 Å². The molecule has 3 heteroatoms. The van der Waals surface area contributed by atoms with Crippen molar-refractivity contribution in [3.8, 4) is 11.1 Å². The monoisotopic (exact) mass is 310 g/mol. The topological polar surface area (TPSA) is 17.3 Å². The van der Waals surface area contributed by atoms with E-state index in [1.165, 1.54) is 21.0 Å². The van der Waals surface area contributed by atoms with Crippen molar-refractivity contribution in [3.63, 3.8) is 0 Å². The van der Waals surface area contributed by atoms with Gasteiger partial charge in [-0.3, -0.25) is 0 Å². The van der Waals surface area contributed by atoms with Gasteiger partial charge in [0.2, 0.25) is 0 Å².